The number of nitrogens with zero attached hydrogens (tertiary/aromatic N) is 1. The molecule has 0 fully saturated rings. The highest BCUT2D eigenvalue weighted by Gasteiger charge is 2.16. The lowest BCUT2D eigenvalue weighted by molar-refractivity contribution is 0.102. The minimum atomic E-state index is -0.771. The number of hydrogen-bond acceptors (Lipinski definition) is 5. The van der Waals surface area contributed by atoms with Crippen LogP contribution in [0.5, 0.6) is 0 Å². The van der Waals surface area contributed by atoms with Crippen molar-refractivity contribution in [1.82, 2.24) is 9.97 Å². The molecule has 132 valence electrons. The fraction of sp³-hybridized carbons (Fsp3) is 0.0556. The molecule has 0 unspecified atom stereocenters. The molecule has 0 aliphatic carbocycles. The third kappa shape index (κ3) is 4.09. The zero-order valence-electron chi connectivity index (χ0n) is 13.5. The molecule has 26 heavy (non-hydrogen) atoms. The van der Waals surface area contributed by atoms with E-state index in [-0.39, 0.29) is 17.1 Å². The summed E-state index contributed by atoms with van der Waals surface area (Å²) >= 11 is 1.31. The third-order valence-electron chi connectivity index (χ3n) is 3.50. The number of thioether (sulfide) groups is 1. The molecule has 3 rings (SSSR count). The van der Waals surface area contributed by atoms with Crippen molar-refractivity contribution in [2.45, 2.75) is 10.9 Å². The second kappa shape index (κ2) is 7.83. The van der Waals surface area contributed by atoms with Crippen LogP contribution in [0.15, 0.2) is 64.5 Å². The zero-order valence-corrected chi connectivity index (χ0v) is 14.3. The highest BCUT2D eigenvalue weighted by Crippen LogP contribution is 2.21. The molecule has 4 N–H and O–H groups in total. The molecule has 1 heterocycles. The fourth-order valence-electron chi connectivity index (χ4n) is 2.21. The minimum Gasteiger partial charge on any atom is -0.382 e. The van der Waals surface area contributed by atoms with E-state index in [9.17, 15) is 14.0 Å². The molecule has 0 saturated carbocycles. The summed E-state index contributed by atoms with van der Waals surface area (Å²) in [4.78, 5) is 31.0. The van der Waals surface area contributed by atoms with Crippen LogP contribution in [0.2, 0.25) is 0 Å². The molecule has 0 aliphatic heterocycles. The molecule has 0 atom stereocenters. The highest BCUT2D eigenvalue weighted by atomic mass is 32.2. The summed E-state index contributed by atoms with van der Waals surface area (Å²) in [5, 5.41) is 2.65. The Bertz CT molecular complexity index is 992. The van der Waals surface area contributed by atoms with Gasteiger partial charge in [-0.15, -0.1) is 0 Å². The quantitative estimate of drug-likeness (QED) is 0.473. The number of carbonyl (C=O) groups excluding carboxylic acids is 1. The Hall–Kier alpha value is -3.13. The Morgan fingerprint density at radius 2 is 1.85 bits per heavy atom. The smallest absolute Gasteiger partial charge is 0.277 e. The van der Waals surface area contributed by atoms with E-state index in [0.29, 0.717) is 10.9 Å². The van der Waals surface area contributed by atoms with Gasteiger partial charge in [0.05, 0.1) is 5.56 Å². The minimum absolute atomic E-state index is 0.131. The van der Waals surface area contributed by atoms with Crippen LogP contribution < -0.4 is 16.6 Å². The number of aromatic amines is 1. The van der Waals surface area contributed by atoms with Gasteiger partial charge in [-0.3, -0.25) is 14.6 Å². The summed E-state index contributed by atoms with van der Waals surface area (Å²) in [5.74, 6) is -0.992. The summed E-state index contributed by atoms with van der Waals surface area (Å²) in [5.41, 5.74) is 5.88. The van der Waals surface area contributed by atoms with Crippen LogP contribution in [0.1, 0.15) is 15.9 Å². The lowest BCUT2D eigenvalue weighted by atomic mass is 10.2. The van der Waals surface area contributed by atoms with E-state index in [1.165, 1.54) is 30.0 Å². The highest BCUT2D eigenvalue weighted by molar-refractivity contribution is 7.98. The fourth-order valence-corrected chi connectivity index (χ4v) is 3.03. The van der Waals surface area contributed by atoms with Crippen molar-refractivity contribution in [3.8, 4) is 0 Å². The van der Waals surface area contributed by atoms with Crippen molar-refractivity contribution in [3.63, 3.8) is 0 Å². The second-order valence-corrected chi connectivity index (χ2v) is 6.30. The number of halogens is 1. The molecule has 0 saturated heterocycles. The predicted octanol–water partition coefficient (Wildman–Crippen LogP) is 3.04. The largest absolute Gasteiger partial charge is 0.382 e. The van der Waals surface area contributed by atoms with Crippen molar-refractivity contribution < 1.29 is 9.18 Å². The van der Waals surface area contributed by atoms with Gasteiger partial charge in [0.1, 0.15) is 11.5 Å². The average molecular weight is 370 g/mol. The van der Waals surface area contributed by atoms with Crippen LogP contribution >= 0.6 is 11.8 Å². The molecule has 0 aliphatic rings. The van der Waals surface area contributed by atoms with E-state index in [1.54, 1.807) is 0 Å². The topological polar surface area (TPSA) is 101 Å². The molecule has 1 amide bonds. The number of nitrogens with two attached hydrogens (primary N) is 1. The number of rotatable bonds is 5. The average Bonchev–Trinajstić information content (AvgIpc) is 2.64. The Kier molecular flexibility index (Phi) is 5.33. The van der Waals surface area contributed by atoms with Crippen molar-refractivity contribution in [3.05, 3.63) is 81.9 Å². The molecule has 2 aromatic carbocycles. The molecule has 0 bridgehead atoms. The Labute approximate surface area is 152 Å². The third-order valence-corrected chi connectivity index (χ3v) is 4.45. The maximum absolute atomic E-state index is 13.7. The second-order valence-electron chi connectivity index (χ2n) is 5.34. The SMILES string of the molecule is Nc1nc(SCc2ccccc2)[nH]c(=O)c1NC(=O)c1ccccc1F. The number of benzene rings is 2. The number of carbonyl (C=O) groups is 1. The number of amides is 1. The Balaban J connectivity index is 1.76. The van der Waals surface area contributed by atoms with Crippen molar-refractivity contribution in [2.24, 2.45) is 0 Å². The van der Waals surface area contributed by atoms with Crippen LogP contribution in [0, 0.1) is 5.82 Å². The van der Waals surface area contributed by atoms with E-state index >= 15 is 0 Å². The van der Waals surface area contributed by atoms with Gasteiger partial charge in [0.25, 0.3) is 11.5 Å². The molecule has 0 spiro atoms. The zero-order chi connectivity index (χ0) is 18.5. The van der Waals surface area contributed by atoms with E-state index in [1.807, 2.05) is 30.3 Å². The van der Waals surface area contributed by atoms with Crippen molar-refractivity contribution >= 4 is 29.2 Å². The summed E-state index contributed by atoms with van der Waals surface area (Å²) < 4.78 is 13.7. The molecular formula is C18H15FN4O2S. The molecule has 6 nitrogen and oxygen atoms in total. The summed E-state index contributed by atoms with van der Waals surface area (Å²) in [6.45, 7) is 0. The van der Waals surface area contributed by atoms with Gasteiger partial charge in [0.2, 0.25) is 0 Å². The van der Waals surface area contributed by atoms with Gasteiger partial charge in [-0.1, -0.05) is 54.2 Å². The first-order valence-electron chi connectivity index (χ1n) is 7.67. The van der Waals surface area contributed by atoms with Gasteiger partial charge >= 0.3 is 0 Å². The first-order valence-corrected chi connectivity index (χ1v) is 8.65. The summed E-state index contributed by atoms with van der Waals surface area (Å²) in [6.07, 6.45) is 0. The molecular weight excluding hydrogens is 355 g/mol. The first-order chi connectivity index (χ1) is 12.5. The van der Waals surface area contributed by atoms with Gasteiger partial charge in [-0.25, -0.2) is 9.37 Å². The van der Waals surface area contributed by atoms with Gasteiger partial charge < -0.3 is 11.1 Å². The van der Waals surface area contributed by atoms with Gasteiger partial charge in [0.15, 0.2) is 11.0 Å². The normalized spacial score (nSPS) is 10.5. The maximum Gasteiger partial charge on any atom is 0.277 e. The molecule has 8 heteroatoms. The molecule has 1 aromatic heterocycles. The number of aromatic nitrogens is 2. The lowest BCUT2D eigenvalue weighted by Gasteiger charge is -2.09. The van der Waals surface area contributed by atoms with Crippen LogP contribution in [0.25, 0.3) is 0 Å². The van der Waals surface area contributed by atoms with Crippen molar-refractivity contribution in [2.75, 3.05) is 11.1 Å². The summed E-state index contributed by atoms with van der Waals surface area (Å²) in [7, 11) is 0. The van der Waals surface area contributed by atoms with E-state index < -0.39 is 17.3 Å². The van der Waals surface area contributed by atoms with Crippen LogP contribution in [-0.2, 0) is 5.75 Å². The Morgan fingerprint density at radius 1 is 1.15 bits per heavy atom. The Morgan fingerprint density at radius 3 is 2.54 bits per heavy atom. The number of nitrogen functional groups attached to an aromatic ring is 1. The summed E-state index contributed by atoms with van der Waals surface area (Å²) in [6, 6.07) is 15.1. The van der Waals surface area contributed by atoms with E-state index in [2.05, 4.69) is 15.3 Å². The predicted molar refractivity (Wildman–Crippen MR) is 99.6 cm³/mol. The van der Waals surface area contributed by atoms with E-state index in [0.717, 1.165) is 11.6 Å². The van der Waals surface area contributed by atoms with Crippen LogP contribution in [-0.4, -0.2) is 15.9 Å². The molecule has 3 aromatic rings. The maximum atomic E-state index is 13.7. The number of nitrogens with one attached hydrogen (secondary N) is 2. The standard InChI is InChI=1S/C18H15FN4O2S/c19-13-9-5-4-8-12(13)16(24)21-14-15(20)22-18(23-17(14)25)26-10-11-6-2-1-3-7-11/h1-9H,10H2,(H,21,24)(H3,20,22,23,25). The van der Waals surface area contributed by atoms with Crippen LogP contribution in [0.4, 0.5) is 15.9 Å². The first kappa shape index (κ1) is 17.7. The number of hydrogen-bond donors (Lipinski definition) is 3. The number of anilines is 2. The van der Waals surface area contributed by atoms with Crippen molar-refractivity contribution in [1.29, 1.82) is 0 Å². The molecule has 0 radical (unpaired) electrons. The van der Waals surface area contributed by atoms with Gasteiger partial charge in [0, 0.05) is 5.75 Å². The van der Waals surface area contributed by atoms with Gasteiger partial charge in [-0.2, -0.15) is 0 Å². The lowest BCUT2D eigenvalue weighted by Crippen LogP contribution is -2.23. The monoisotopic (exact) mass is 370 g/mol. The van der Waals surface area contributed by atoms with E-state index in [4.69, 9.17) is 5.73 Å². The van der Waals surface area contributed by atoms with Gasteiger partial charge in [-0.05, 0) is 17.7 Å². The number of H-pyrrole nitrogens is 1. The van der Waals surface area contributed by atoms with Crippen LogP contribution in [0.3, 0.4) is 0 Å².